The van der Waals surface area contributed by atoms with E-state index in [1.807, 2.05) is 24.3 Å². The van der Waals surface area contributed by atoms with Gasteiger partial charge < -0.3 is 14.3 Å². The number of amides is 1. The van der Waals surface area contributed by atoms with Gasteiger partial charge in [-0.25, -0.2) is 0 Å². The van der Waals surface area contributed by atoms with Crippen LogP contribution in [0.25, 0.3) is 6.08 Å². The highest BCUT2D eigenvalue weighted by molar-refractivity contribution is 9.10. The Balaban J connectivity index is 1.66. The van der Waals surface area contributed by atoms with Gasteiger partial charge in [0.1, 0.15) is 17.3 Å². The Morgan fingerprint density at radius 3 is 2.81 bits per heavy atom. The molecule has 0 saturated carbocycles. The summed E-state index contributed by atoms with van der Waals surface area (Å²) in [7, 11) is 1.59. The van der Waals surface area contributed by atoms with Crippen molar-refractivity contribution >= 4 is 51.1 Å². The molecule has 2 aromatic carbocycles. The van der Waals surface area contributed by atoms with Crippen LogP contribution in [-0.2, 0) is 11.3 Å². The molecule has 1 aliphatic heterocycles. The molecule has 1 amide bonds. The second-order valence-electron chi connectivity index (χ2n) is 6.65. The van der Waals surface area contributed by atoms with Crippen molar-refractivity contribution in [1.29, 1.82) is 0 Å². The van der Waals surface area contributed by atoms with E-state index in [2.05, 4.69) is 26.1 Å². The van der Waals surface area contributed by atoms with E-state index in [0.29, 0.717) is 27.1 Å². The van der Waals surface area contributed by atoms with Gasteiger partial charge >= 0.3 is 0 Å². The maximum absolute atomic E-state index is 13.2. The number of halogens is 1. The van der Waals surface area contributed by atoms with Crippen molar-refractivity contribution in [3.8, 4) is 11.5 Å². The average Bonchev–Trinajstić information content (AvgIpc) is 3.41. The summed E-state index contributed by atoms with van der Waals surface area (Å²) in [4.78, 5) is 15.1. The normalized spacial score (nSPS) is 16.6. The van der Waals surface area contributed by atoms with Gasteiger partial charge in [0.15, 0.2) is 5.17 Å². The fourth-order valence-electron chi connectivity index (χ4n) is 2.98. The topological polar surface area (TPSA) is 87.6 Å². The Hall–Kier alpha value is -3.30. The highest BCUT2D eigenvalue weighted by atomic mass is 79.9. The van der Waals surface area contributed by atoms with E-state index in [1.165, 1.54) is 22.9 Å². The number of hydrogen-bond donors (Lipinski definition) is 1. The Kier molecular flexibility index (Phi) is 6.77. The molecule has 0 bridgehead atoms. The smallest absolute Gasteiger partial charge is 0.267 e. The quantitative estimate of drug-likeness (QED) is 0.277. The summed E-state index contributed by atoms with van der Waals surface area (Å²) in [5.74, 6) is 1.16. The van der Waals surface area contributed by atoms with Crippen LogP contribution < -0.4 is 4.74 Å². The molecule has 1 fully saturated rings. The molecule has 0 unspecified atom stereocenters. The summed E-state index contributed by atoms with van der Waals surface area (Å²) < 4.78 is 11.6. The number of aromatic hydroxyl groups is 1. The predicted octanol–water partition coefficient (Wildman–Crippen LogP) is 5.26. The lowest BCUT2D eigenvalue weighted by atomic mass is 10.2. The van der Waals surface area contributed by atoms with Crippen LogP contribution >= 0.6 is 27.7 Å². The van der Waals surface area contributed by atoms with Crippen molar-refractivity contribution in [2.75, 3.05) is 7.11 Å². The number of para-hydroxylation sites is 1. The lowest BCUT2D eigenvalue weighted by Gasteiger charge is -2.12. The van der Waals surface area contributed by atoms with Gasteiger partial charge in [-0.15, -0.1) is 5.10 Å². The molecular weight excluding hydrogens is 494 g/mol. The first-order valence-corrected chi connectivity index (χ1v) is 11.1. The van der Waals surface area contributed by atoms with Gasteiger partial charge in [0.25, 0.3) is 5.91 Å². The highest BCUT2D eigenvalue weighted by Crippen LogP contribution is 2.35. The SMILES string of the molecule is COc1ccccc1/C=C1\S/C(=N\N=C\c2cc(Br)ccc2O)N(Cc2ccco2)C1=O. The number of phenolic OH excluding ortho intramolecular Hbond substituents is 1. The largest absolute Gasteiger partial charge is 0.507 e. The van der Waals surface area contributed by atoms with Crippen LogP contribution in [0.1, 0.15) is 16.9 Å². The number of amidine groups is 1. The Bertz CT molecular complexity index is 1220. The predicted molar refractivity (Wildman–Crippen MR) is 129 cm³/mol. The Morgan fingerprint density at radius 1 is 1.19 bits per heavy atom. The summed E-state index contributed by atoms with van der Waals surface area (Å²) >= 11 is 4.57. The number of thioether (sulfide) groups is 1. The van der Waals surface area contributed by atoms with Gasteiger partial charge in [-0.2, -0.15) is 5.10 Å². The van der Waals surface area contributed by atoms with Crippen LogP contribution in [0.3, 0.4) is 0 Å². The molecule has 1 aliphatic rings. The summed E-state index contributed by atoms with van der Waals surface area (Å²) in [5, 5.41) is 18.7. The molecule has 1 aromatic heterocycles. The molecule has 2 heterocycles. The van der Waals surface area contributed by atoms with Crippen molar-refractivity contribution in [2.24, 2.45) is 10.2 Å². The van der Waals surface area contributed by atoms with Crippen LogP contribution in [0.5, 0.6) is 11.5 Å². The van der Waals surface area contributed by atoms with Crippen LogP contribution in [-0.4, -0.2) is 34.4 Å². The molecule has 1 N–H and O–H groups in total. The molecule has 4 rings (SSSR count). The zero-order chi connectivity index (χ0) is 22.5. The summed E-state index contributed by atoms with van der Waals surface area (Å²) in [6, 6.07) is 16.0. The van der Waals surface area contributed by atoms with Gasteiger partial charge in [0.2, 0.25) is 0 Å². The standard InChI is InChI=1S/C23H18BrN3O4S/c1-30-20-7-3-2-5-15(20)12-21-22(29)27(14-18-6-4-10-31-18)23(32-21)26-25-13-16-11-17(24)8-9-19(16)28/h2-13,28H,14H2,1H3/b21-12-,25-13+,26-23-. The molecule has 7 nitrogen and oxygen atoms in total. The maximum Gasteiger partial charge on any atom is 0.267 e. The molecule has 1 saturated heterocycles. The molecular formula is C23H18BrN3O4S. The van der Waals surface area contributed by atoms with Crippen LogP contribution in [0.4, 0.5) is 0 Å². The molecule has 0 atom stereocenters. The molecule has 162 valence electrons. The molecule has 0 aliphatic carbocycles. The van der Waals surface area contributed by atoms with Gasteiger partial charge in [0.05, 0.1) is 31.0 Å². The number of ether oxygens (including phenoxy) is 1. The Labute approximate surface area is 197 Å². The number of hydrogen-bond acceptors (Lipinski definition) is 7. The minimum atomic E-state index is -0.212. The lowest BCUT2D eigenvalue weighted by molar-refractivity contribution is -0.122. The van der Waals surface area contributed by atoms with E-state index in [1.54, 1.807) is 49.8 Å². The zero-order valence-electron chi connectivity index (χ0n) is 16.9. The van der Waals surface area contributed by atoms with Crippen LogP contribution in [0.15, 0.2) is 84.9 Å². The van der Waals surface area contributed by atoms with Gasteiger partial charge in [-0.05, 0) is 54.2 Å². The minimum absolute atomic E-state index is 0.0801. The summed E-state index contributed by atoms with van der Waals surface area (Å²) in [6.07, 6.45) is 4.76. The second-order valence-corrected chi connectivity index (χ2v) is 8.58. The van der Waals surface area contributed by atoms with Crippen molar-refractivity contribution in [1.82, 2.24) is 4.90 Å². The molecule has 0 radical (unpaired) electrons. The van der Waals surface area contributed by atoms with E-state index >= 15 is 0 Å². The van der Waals surface area contributed by atoms with Gasteiger partial charge in [-0.3, -0.25) is 9.69 Å². The molecule has 0 spiro atoms. The fraction of sp³-hybridized carbons (Fsp3) is 0.0870. The van der Waals surface area contributed by atoms with Crippen LogP contribution in [0.2, 0.25) is 0 Å². The van der Waals surface area contributed by atoms with Crippen molar-refractivity contribution in [2.45, 2.75) is 6.54 Å². The molecule has 32 heavy (non-hydrogen) atoms. The zero-order valence-corrected chi connectivity index (χ0v) is 19.3. The van der Waals surface area contributed by atoms with E-state index in [-0.39, 0.29) is 18.2 Å². The molecule has 3 aromatic rings. The minimum Gasteiger partial charge on any atom is -0.507 e. The molecule has 9 heteroatoms. The number of phenols is 1. The third-order valence-electron chi connectivity index (χ3n) is 4.54. The third-order valence-corrected chi connectivity index (χ3v) is 6.03. The number of benzene rings is 2. The average molecular weight is 512 g/mol. The van der Waals surface area contributed by atoms with E-state index < -0.39 is 0 Å². The van der Waals surface area contributed by atoms with E-state index in [9.17, 15) is 9.90 Å². The third kappa shape index (κ3) is 4.95. The second kappa shape index (κ2) is 9.88. The number of methoxy groups -OCH3 is 1. The number of carbonyl (C=O) groups excluding carboxylic acids is 1. The first-order chi connectivity index (χ1) is 15.5. The number of rotatable bonds is 6. The number of nitrogens with zero attached hydrogens (tertiary/aromatic N) is 3. The monoisotopic (exact) mass is 511 g/mol. The first-order valence-electron chi connectivity index (χ1n) is 9.51. The van der Waals surface area contributed by atoms with Crippen molar-refractivity contribution in [3.05, 3.63) is 87.1 Å². The summed E-state index contributed by atoms with van der Waals surface area (Å²) in [5.41, 5.74) is 1.29. The highest BCUT2D eigenvalue weighted by Gasteiger charge is 2.34. The first kappa shape index (κ1) is 21.9. The van der Waals surface area contributed by atoms with Gasteiger partial charge in [-0.1, -0.05) is 34.1 Å². The fourth-order valence-corrected chi connectivity index (χ4v) is 4.28. The number of carbonyl (C=O) groups is 1. The Morgan fingerprint density at radius 2 is 2.03 bits per heavy atom. The number of furan rings is 1. The van der Waals surface area contributed by atoms with Gasteiger partial charge in [0, 0.05) is 15.6 Å². The van der Waals surface area contributed by atoms with Crippen molar-refractivity contribution in [3.63, 3.8) is 0 Å². The van der Waals surface area contributed by atoms with E-state index in [4.69, 9.17) is 9.15 Å². The lowest BCUT2D eigenvalue weighted by Crippen LogP contribution is -2.28. The van der Waals surface area contributed by atoms with E-state index in [0.717, 1.165) is 10.0 Å². The summed E-state index contributed by atoms with van der Waals surface area (Å²) in [6.45, 7) is 0.221. The maximum atomic E-state index is 13.2. The van der Waals surface area contributed by atoms with Crippen molar-refractivity contribution < 1.29 is 19.1 Å². The van der Waals surface area contributed by atoms with Crippen LogP contribution in [0, 0.1) is 0 Å².